The lowest BCUT2D eigenvalue weighted by atomic mass is 9.61. The minimum Gasteiger partial charge on any atom is -0.0622 e. The summed E-state index contributed by atoms with van der Waals surface area (Å²) in [4.78, 5) is 0. The highest BCUT2D eigenvalue weighted by Crippen LogP contribution is 2.54. The molecule has 0 amide bonds. The van der Waals surface area contributed by atoms with Gasteiger partial charge in [-0.1, -0.05) is 376 Å². The molecule has 0 spiro atoms. The van der Waals surface area contributed by atoms with Crippen LogP contribution in [0.25, 0.3) is 0 Å². The fraction of sp³-hybridized carbons (Fsp3) is 1.00. The first kappa shape index (κ1) is 94.0. The summed E-state index contributed by atoms with van der Waals surface area (Å²) in [7, 11) is 0. The minimum absolute atomic E-state index is 0.679. The molecule has 0 aliphatic heterocycles. The Kier molecular flexibility index (Phi) is 44.4. The molecule has 0 saturated heterocycles. The maximum Gasteiger partial charge on any atom is -0.0251 e. The maximum absolute atomic E-state index is 2.41. The van der Waals surface area contributed by atoms with Gasteiger partial charge in [-0.2, -0.15) is 0 Å². The summed E-state index contributed by atoms with van der Waals surface area (Å²) >= 11 is 0. The van der Waals surface area contributed by atoms with Crippen molar-refractivity contribution in [3.05, 3.63) is 0 Å². The van der Waals surface area contributed by atoms with E-state index in [0.717, 1.165) is 94.7 Å². The molecule has 0 unspecified atom stereocenters. The van der Waals surface area contributed by atoms with E-state index in [1.54, 1.807) is 0 Å². The second kappa shape index (κ2) is 45.4. The molecule has 96 heavy (non-hydrogen) atoms. The van der Waals surface area contributed by atoms with E-state index in [-0.39, 0.29) is 0 Å². The van der Waals surface area contributed by atoms with Crippen molar-refractivity contribution in [2.24, 2.45) is 138 Å². The van der Waals surface area contributed by atoms with Crippen molar-refractivity contribution in [1.82, 2.24) is 0 Å². The van der Waals surface area contributed by atoms with Gasteiger partial charge in [-0.15, -0.1) is 0 Å². The van der Waals surface area contributed by atoms with E-state index >= 15 is 0 Å². The summed E-state index contributed by atoms with van der Waals surface area (Å²) in [6.45, 7) is 77.1. The Morgan fingerprint density at radius 2 is 0.146 bits per heavy atom. The first-order valence-electron chi connectivity index (χ1n) is 44.8. The van der Waals surface area contributed by atoms with Crippen LogP contribution in [0.5, 0.6) is 0 Å². The smallest absolute Gasteiger partial charge is 0.0251 e. The maximum atomic E-state index is 2.41. The van der Waals surface area contributed by atoms with Crippen LogP contribution >= 0.6 is 0 Å². The van der Waals surface area contributed by atoms with Crippen molar-refractivity contribution in [3.8, 4) is 0 Å². The zero-order valence-corrected chi connectivity index (χ0v) is 73.5. The van der Waals surface area contributed by atoms with E-state index < -0.39 is 0 Å². The van der Waals surface area contributed by atoms with Gasteiger partial charge in [0.2, 0.25) is 0 Å². The zero-order valence-electron chi connectivity index (χ0n) is 73.5. The second-order valence-corrected chi connectivity index (χ2v) is 40.8. The zero-order chi connectivity index (χ0) is 73.5. The highest BCUT2D eigenvalue weighted by atomic mass is 14.5. The van der Waals surface area contributed by atoms with E-state index in [2.05, 4.69) is 222 Å². The van der Waals surface area contributed by atoms with Crippen molar-refractivity contribution in [2.75, 3.05) is 0 Å². The third-order valence-corrected chi connectivity index (χ3v) is 32.7. The van der Waals surface area contributed by atoms with Crippen molar-refractivity contribution in [3.63, 3.8) is 0 Å². The van der Waals surface area contributed by atoms with Gasteiger partial charge in [0.25, 0.3) is 0 Å². The molecular formula is C96H192. The second-order valence-electron chi connectivity index (χ2n) is 40.8. The molecule has 8 saturated carbocycles. The normalized spacial score (nSPS) is 23.5. The van der Waals surface area contributed by atoms with Gasteiger partial charge in [-0.25, -0.2) is 0 Å². The minimum atomic E-state index is 0.679. The van der Waals surface area contributed by atoms with Crippen molar-refractivity contribution < 1.29 is 0 Å². The largest absolute Gasteiger partial charge is 0.0622 e. The average Bonchev–Trinajstić information content (AvgIpc) is 0.950. The Hall–Kier alpha value is 0. The van der Waals surface area contributed by atoms with Crippen molar-refractivity contribution in [1.29, 1.82) is 0 Å². The molecular weight excluding hydrogens is 1150 g/mol. The predicted octanol–water partition coefficient (Wildman–Crippen LogP) is 34.0. The van der Waals surface area contributed by atoms with Crippen LogP contribution in [0.2, 0.25) is 0 Å². The van der Waals surface area contributed by atoms with Crippen molar-refractivity contribution in [2.45, 2.75) is 478 Å². The van der Waals surface area contributed by atoms with Crippen LogP contribution in [0.15, 0.2) is 0 Å². The summed E-state index contributed by atoms with van der Waals surface area (Å²) in [6.07, 6.45) is 58.9. The molecule has 8 rings (SSSR count). The Morgan fingerprint density at radius 1 is 0.0938 bits per heavy atom. The van der Waals surface area contributed by atoms with Crippen LogP contribution in [0.4, 0.5) is 0 Å². The van der Waals surface area contributed by atoms with Gasteiger partial charge < -0.3 is 0 Å². The summed E-state index contributed by atoms with van der Waals surface area (Å²) < 4.78 is 0. The summed E-state index contributed by atoms with van der Waals surface area (Å²) in [5.74, 6) is 14.0. The van der Waals surface area contributed by atoms with Crippen LogP contribution in [0.1, 0.15) is 478 Å². The summed E-state index contributed by atoms with van der Waals surface area (Å²) in [6, 6.07) is 0. The first-order valence-corrected chi connectivity index (χ1v) is 44.8. The van der Waals surface area contributed by atoms with Crippen LogP contribution in [0, 0.1) is 138 Å². The number of hydrogen-bond acceptors (Lipinski definition) is 0. The van der Waals surface area contributed by atoms with Crippen molar-refractivity contribution >= 4 is 0 Å². The van der Waals surface area contributed by atoms with E-state index in [9.17, 15) is 0 Å². The van der Waals surface area contributed by atoms with E-state index in [1.807, 2.05) is 0 Å². The topological polar surface area (TPSA) is 0 Å². The van der Waals surface area contributed by atoms with Gasteiger partial charge in [0.05, 0.1) is 0 Å². The van der Waals surface area contributed by atoms with E-state index in [1.165, 1.54) is 257 Å². The molecule has 0 aromatic carbocycles. The van der Waals surface area contributed by atoms with Crippen LogP contribution in [0.3, 0.4) is 0 Å². The Morgan fingerprint density at radius 3 is 0.177 bits per heavy atom. The standard InChI is InChI=1S/8C12H24/c8*1-10(2)12(11(3)4)8-6-5-7-9-12/h8*10-11H,5-9H2,1-4H3. The third kappa shape index (κ3) is 26.2. The highest BCUT2D eigenvalue weighted by Gasteiger charge is 2.44. The lowest BCUT2D eigenvalue weighted by Gasteiger charge is -2.44. The van der Waals surface area contributed by atoms with Crippen LogP contribution in [-0.4, -0.2) is 0 Å². The highest BCUT2D eigenvalue weighted by molar-refractivity contribution is 4.94. The van der Waals surface area contributed by atoms with Crippen LogP contribution in [-0.2, 0) is 0 Å². The summed E-state index contributed by atoms with van der Waals surface area (Å²) in [5.41, 5.74) is 5.43. The van der Waals surface area contributed by atoms with Gasteiger partial charge in [-0.3, -0.25) is 0 Å². The lowest BCUT2D eigenvalue weighted by molar-refractivity contribution is 0.0587. The Labute approximate surface area is 612 Å². The molecule has 0 bridgehead atoms. The molecule has 576 valence electrons. The Balaban J connectivity index is 0.000000549. The monoisotopic (exact) mass is 1350 g/mol. The van der Waals surface area contributed by atoms with Gasteiger partial charge in [-0.05, 0) is 241 Å². The SMILES string of the molecule is CC(C)C1(C(C)C)CCCCC1.CC(C)C1(C(C)C)CCCCC1.CC(C)C1(C(C)C)CCCCC1.CC(C)C1(C(C)C)CCCCC1.CC(C)C1(C(C)C)CCCCC1.CC(C)C1(C(C)C)CCCCC1.CC(C)C1(C(C)C)CCCCC1.CC(C)C1(C(C)C)CCCCC1. The molecule has 0 nitrogen and oxygen atoms in total. The molecule has 0 heteroatoms. The molecule has 0 aromatic heterocycles. The van der Waals surface area contributed by atoms with Gasteiger partial charge >= 0.3 is 0 Å². The predicted molar refractivity (Wildman–Crippen MR) is 442 cm³/mol. The quantitative estimate of drug-likeness (QED) is 0.144. The number of rotatable bonds is 16. The molecule has 0 N–H and O–H groups in total. The Bertz CT molecular complexity index is 1340. The molecule has 0 heterocycles. The van der Waals surface area contributed by atoms with E-state index in [0.29, 0.717) is 43.3 Å². The van der Waals surface area contributed by atoms with E-state index in [4.69, 9.17) is 0 Å². The fourth-order valence-corrected chi connectivity index (χ4v) is 24.3. The molecule has 0 radical (unpaired) electrons. The van der Waals surface area contributed by atoms with Gasteiger partial charge in [0.15, 0.2) is 0 Å². The molecule has 8 aliphatic carbocycles. The molecule has 0 aromatic rings. The van der Waals surface area contributed by atoms with Crippen LogP contribution < -0.4 is 0 Å². The lowest BCUT2D eigenvalue weighted by Crippen LogP contribution is -2.35. The molecule has 8 fully saturated rings. The summed E-state index contributed by atoms with van der Waals surface area (Å²) in [5, 5.41) is 0. The average molecular weight is 1350 g/mol. The molecule has 8 aliphatic rings. The fourth-order valence-electron chi connectivity index (χ4n) is 24.3. The van der Waals surface area contributed by atoms with Gasteiger partial charge in [0.1, 0.15) is 0 Å². The molecule has 0 atom stereocenters. The number of hydrogen-bond donors (Lipinski definition) is 0. The third-order valence-electron chi connectivity index (χ3n) is 32.7. The van der Waals surface area contributed by atoms with Gasteiger partial charge in [0, 0.05) is 0 Å². The first-order chi connectivity index (χ1) is 44.8.